The van der Waals surface area contributed by atoms with E-state index in [0.29, 0.717) is 10.8 Å². The van der Waals surface area contributed by atoms with Gasteiger partial charge >= 0.3 is 0 Å². The number of nitrogens with one attached hydrogen (secondary N) is 1. The summed E-state index contributed by atoms with van der Waals surface area (Å²) in [6.45, 7) is 0. The maximum atomic E-state index is 5.97. The number of H-pyrrole nitrogens is 1. The van der Waals surface area contributed by atoms with Crippen LogP contribution in [0.5, 0.6) is 0 Å². The van der Waals surface area contributed by atoms with Crippen molar-refractivity contribution >= 4 is 17.4 Å². The Bertz CT molecular complexity index is 387. The Morgan fingerprint density at radius 1 is 1.15 bits per heavy atom. The van der Waals surface area contributed by atoms with E-state index in [4.69, 9.17) is 17.3 Å². The van der Waals surface area contributed by atoms with Gasteiger partial charge in [0, 0.05) is 11.8 Å². The predicted molar refractivity (Wildman–Crippen MR) is 55.7 cm³/mol. The Morgan fingerprint density at radius 3 is 2.38 bits per heavy atom. The lowest BCUT2D eigenvalue weighted by Crippen LogP contribution is -1.86. The van der Waals surface area contributed by atoms with Crippen LogP contribution in [0.15, 0.2) is 36.5 Å². The van der Waals surface area contributed by atoms with Crippen molar-refractivity contribution in [3.8, 4) is 11.1 Å². The first-order valence-corrected chi connectivity index (χ1v) is 4.34. The number of aromatic nitrogens is 1. The second-order valence-corrected chi connectivity index (χ2v) is 3.20. The zero-order valence-electron chi connectivity index (χ0n) is 6.92. The number of nitrogens with two attached hydrogens (primary N) is 1. The number of rotatable bonds is 1. The van der Waals surface area contributed by atoms with Crippen molar-refractivity contribution < 1.29 is 0 Å². The molecule has 13 heavy (non-hydrogen) atoms. The van der Waals surface area contributed by atoms with Crippen LogP contribution >= 0.6 is 11.6 Å². The van der Waals surface area contributed by atoms with Crippen LogP contribution in [-0.2, 0) is 0 Å². The van der Waals surface area contributed by atoms with Gasteiger partial charge in [0.05, 0.1) is 5.02 Å². The molecule has 0 fully saturated rings. The summed E-state index contributed by atoms with van der Waals surface area (Å²) in [5, 5.41) is 0.656. The minimum Gasteiger partial charge on any atom is -0.385 e. The van der Waals surface area contributed by atoms with Gasteiger partial charge in [-0.3, -0.25) is 0 Å². The number of halogens is 1. The van der Waals surface area contributed by atoms with E-state index in [1.807, 2.05) is 30.3 Å². The minimum absolute atomic E-state index is 0.608. The average Bonchev–Trinajstić information content (AvgIpc) is 2.48. The highest BCUT2D eigenvalue weighted by Gasteiger charge is 2.08. The lowest BCUT2D eigenvalue weighted by Gasteiger charge is -1.99. The summed E-state index contributed by atoms with van der Waals surface area (Å²) in [5.74, 6) is 0.608. The van der Waals surface area contributed by atoms with E-state index in [2.05, 4.69) is 4.98 Å². The van der Waals surface area contributed by atoms with Gasteiger partial charge in [-0.2, -0.15) is 0 Å². The van der Waals surface area contributed by atoms with E-state index < -0.39 is 0 Å². The molecule has 3 heteroatoms. The number of hydrogen-bond donors (Lipinski definition) is 2. The van der Waals surface area contributed by atoms with Crippen molar-refractivity contribution in [1.82, 2.24) is 4.98 Å². The molecule has 1 aromatic heterocycles. The normalized spacial score (nSPS) is 10.2. The van der Waals surface area contributed by atoms with Crippen LogP contribution in [-0.4, -0.2) is 4.98 Å². The van der Waals surface area contributed by atoms with E-state index in [-0.39, 0.29) is 0 Å². The zero-order valence-corrected chi connectivity index (χ0v) is 7.68. The second kappa shape index (κ2) is 3.15. The van der Waals surface area contributed by atoms with Crippen molar-refractivity contribution in [1.29, 1.82) is 0 Å². The van der Waals surface area contributed by atoms with Gasteiger partial charge in [-0.1, -0.05) is 41.9 Å². The number of aromatic amines is 1. The first-order chi connectivity index (χ1) is 6.29. The first kappa shape index (κ1) is 8.20. The molecule has 3 N–H and O–H groups in total. The van der Waals surface area contributed by atoms with Crippen LogP contribution in [0.3, 0.4) is 0 Å². The van der Waals surface area contributed by atoms with Gasteiger partial charge in [-0.05, 0) is 5.56 Å². The predicted octanol–water partition coefficient (Wildman–Crippen LogP) is 2.92. The summed E-state index contributed by atoms with van der Waals surface area (Å²) in [6.07, 6.45) is 1.69. The molecule has 0 saturated carbocycles. The standard InChI is InChI=1S/C10H9ClN2/c11-8-6-13-10(12)9(8)7-4-2-1-3-5-7/h1-6,13H,12H2. The van der Waals surface area contributed by atoms with Crippen LogP contribution in [0.4, 0.5) is 5.82 Å². The monoisotopic (exact) mass is 192 g/mol. The van der Waals surface area contributed by atoms with Crippen LogP contribution < -0.4 is 5.73 Å². The summed E-state index contributed by atoms with van der Waals surface area (Å²) >= 11 is 5.97. The highest BCUT2D eigenvalue weighted by Crippen LogP contribution is 2.32. The Hall–Kier alpha value is -1.41. The van der Waals surface area contributed by atoms with Gasteiger partial charge in [-0.25, -0.2) is 0 Å². The summed E-state index contributed by atoms with van der Waals surface area (Å²) in [5.41, 5.74) is 7.64. The van der Waals surface area contributed by atoms with Gasteiger partial charge in [0.15, 0.2) is 0 Å². The molecule has 1 aromatic carbocycles. The fourth-order valence-corrected chi connectivity index (χ4v) is 1.58. The third-order valence-corrected chi connectivity index (χ3v) is 2.22. The smallest absolute Gasteiger partial charge is 0.110 e. The lowest BCUT2D eigenvalue weighted by molar-refractivity contribution is 1.42. The minimum atomic E-state index is 0.608. The van der Waals surface area contributed by atoms with E-state index in [1.165, 1.54) is 0 Å². The van der Waals surface area contributed by atoms with Crippen molar-refractivity contribution in [3.05, 3.63) is 41.6 Å². The molecular formula is C10H9ClN2. The molecule has 0 aliphatic heterocycles. The summed E-state index contributed by atoms with van der Waals surface area (Å²) in [4.78, 5) is 2.88. The molecule has 0 radical (unpaired) electrons. The number of nitrogen functional groups attached to an aromatic ring is 1. The maximum Gasteiger partial charge on any atom is 0.110 e. The Balaban J connectivity index is 2.59. The highest BCUT2D eigenvalue weighted by molar-refractivity contribution is 6.34. The van der Waals surface area contributed by atoms with Crippen molar-refractivity contribution in [2.45, 2.75) is 0 Å². The van der Waals surface area contributed by atoms with Crippen LogP contribution in [0, 0.1) is 0 Å². The molecule has 0 atom stereocenters. The van der Waals surface area contributed by atoms with Crippen molar-refractivity contribution in [3.63, 3.8) is 0 Å². The largest absolute Gasteiger partial charge is 0.385 e. The van der Waals surface area contributed by atoms with Gasteiger partial charge in [0.2, 0.25) is 0 Å². The van der Waals surface area contributed by atoms with Gasteiger partial charge in [-0.15, -0.1) is 0 Å². The summed E-state index contributed by atoms with van der Waals surface area (Å²) < 4.78 is 0. The van der Waals surface area contributed by atoms with E-state index >= 15 is 0 Å². The summed E-state index contributed by atoms with van der Waals surface area (Å²) in [7, 11) is 0. The SMILES string of the molecule is Nc1[nH]cc(Cl)c1-c1ccccc1. The quantitative estimate of drug-likeness (QED) is 0.717. The molecule has 1 heterocycles. The number of benzene rings is 1. The Morgan fingerprint density at radius 2 is 1.85 bits per heavy atom. The van der Waals surface area contributed by atoms with Gasteiger partial charge in [0.25, 0.3) is 0 Å². The Kier molecular flexibility index (Phi) is 1.99. The molecule has 0 saturated heterocycles. The fourth-order valence-electron chi connectivity index (χ4n) is 1.31. The third-order valence-electron chi connectivity index (χ3n) is 1.93. The highest BCUT2D eigenvalue weighted by atomic mass is 35.5. The first-order valence-electron chi connectivity index (χ1n) is 3.97. The van der Waals surface area contributed by atoms with Crippen LogP contribution in [0.2, 0.25) is 5.02 Å². The molecule has 2 rings (SSSR count). The topological polar surface area (TPSA) is 41.8 Å². The molecule has 2 aromatic rings. The lowest BCUT2D eigenvalue weighted by atomic mass is 10.1. The summed E-state index contributed by atoms with van der Waals surface area (Å²) in [6, 6.07) is 9.83. The average molecular weight is 193 g/mol. The molecule has 0 aliphatic rings. The van der Waals surface area contributed by atoms with Crippen molar-refractivity contribution in [2.75, 3.05) is 5.73 Å². The van der Waals surface area contributed by atoms with E-state index in [0.717, 1.165) is 11.1 Å². The Labute approximate surface area is 81.3 Å². The van der Waals surface area contributed by atoms with Gasteiger partial charge in [0.1, 0.15) is 5.82 Å². The number of hydrogen-bond acceptors (Lipinski definition) is 1. The molecule has 0 spiro atoms. The molecular weight excluding hydrogens is 184 g/mol. The van der Waals surface area contributed by atoms with Crippen molar-refractivity contribution in [2.24, 2.45) is 0 Å². The molecule has 2 nitrogen and oxygen atoms in total. The second-order valence-electron chi connectivity index (χ2n) is 2.79. The molecule has 0 bridgehead atoms. The molecule has 0 unspecified atom stereocenters. The zero-order chi connectivity index (χ0) is 9.26. The van der Waals surface area contributed by atoms with Crippen LogP contribution in [0.25, 0.3) is 11.1 Å². The van der Waals surface area contributed by atoms with E-state index in [9.17, 15) is 0 Å². The third kappa shape index (κ3) is 1.40. The molecule has 0 aliphatic carbocycles. The number of anilines is 1. The maximum absolute atomic E-state index is 5.97. The van der Waals surface area contributed by atoms with Gasteiger partial charge < -0.3 is 10.7 Å². The molecule has 0 amide bonds. The van der Waals surface area contributed by atoms with E-state index in [1.54, 1.807) is 6.20 Å². The molecule has 66 valence electrons. The van der Waals surface area contributed by atoms with Crippen LogP contribution in [0.1, 0.15) is 0 Å². The fraction of sp³-hybridized carbons (Fsp3) is 0.